The van der Waals surface area contributed by atoms with Crippen LogP contribution in [0, 0.1) is 0 Å². The normalized spacial score (nSPS) is 25.3. The van der Waals surface area contributed by atoms with Gasteiger partial charge in [-0.05, 0) is 31.2 Å². The Morgan fingerprint density at radius 2 is 1.86 bits per heavy atom. The Hall–Kier alpha value is -1.39. The number of carboxylic acid groups (broad SMARTS) is 1. The molecule has 0 unspecified atom stereocenters. The molecule has 0 radical (unpaired) electrons. The predicted octanol–water partition coefficient (Wildman–Crippen LogP) is 2.64. The molecule has 0 aromatic heterocycles. The third kappa shape index (κ3) is 4.08. The fourth-order valence-electron chi connectivity index (χ4n) is 3.68. The summed E-state index contributed by atoms with van der Waals surface area (Å²) < 4.78 is 0. The monoisotopic (exact) mass is 302 g/mol. The number of aliphatic carboxylic acids is 1. The SMILES string of the molecule is O=C(O)CN[C@H]1CCCC[C@@H]1N(Cc1ccccc1)C1CC1. The largest absolute Gasteiger partial charge is 0.480 e. The third-order valence-corrected chi connectivity index (χ3v) is 4.89. The fourth-order valence-corrected chi connectivity index (χ4v) is 3.68. The predicted molar refractivity (Wildman–Crippen MR) is 86.7 cm³/mol. The first-order valence-electron chi connectivity index (χ1n) is 8.49. The van der Waals surface area contributed by atoms with E-state index >= 15 is 0 Å². The Morgan fingerprint density at radius 3 is 2.55 bits per heavy atom. The van der Waals surface area contributed by atoms with Crippen molar-refractivity contribution < 1.29 is 9.90 Å². The van der Waals surface area contributed by atoms with Gasteiger partial charge in [0.1, 0.15) is 0 Å². The maximum atomic E-state index is 10.9. The van der Waals surface area contributed by atoms with Gasteiger partial charge in [-0.3, -0.25) is 9.69 Å². The van der Waals surface area contributed by atoms with E-state index in [4.69, 9.17) is 5.11 Å². The lowest BCUT2D eigenvalue weighted by atomic mass is 9.88. The molecule has 22 heavy (non-hydrogen) atoms. The van der Waals surface area contributed by atoms with Crippen LogP contribution in [0.3, 0.4) is 0 Å². The van der Waals surface area contributed by atoms with Crippen LogP contribution < -0.4 is 5.32 Å². The zero-order valence-corrected chi connectivity index (χ0v) is 13.1. The summed E-state index contributed by atoms with van der Waals surface area (Å²) in [4.78, 5) is 13.5. The molecule has 0 bridgehead atoms. The van der Waals surface area contributed by atoms with E-state index in [-0.39, 0.29) is 6.54 Å². The highest BCUT2D eigenvalue weighted by molar-refractivity contribution is 5.69. The number of nitrogens with zero attached hydrogens (tertiary/aromatic N) is 1. The average molecular weight is 302 g/mol. The molecule has 2 fully saturated rings. The van der Waals surface area contributed by atoms with Gasteiger partial charge in [-0.15, -0.1) is 0 Å². The van der Waals surface area contributed by atoms with Crippen molar-refractivity contribution in [3.63, 3.8) is 0 Å². The van der Waals surface area contributed by atoms with Crippen molar-refractivity contribution in [3.05, 3.63) is 35.9 Å². The number of rotatable bonds is 7. The second-order valence-corrected chi connectivity index (χ2v) is 6.62. The maximum absolute atomic E-state index is 10.9. The molecule has 0 aliphatic heterocycles. The van der Waals surface area contributed by atoms with Crippen LogP contribution in [-0.4, -0.2) is 40.6 Å². The van der Waals surface area contributed by atoms with Gasteiger partial charge in [0.15, 0.2) is 0 Å². The van der Waals surface area contributed by atoms with Crippen LogP contribution in [0.4, 0.5) is 0 Å². The molecular weight excluding hydrogens is 276 g/mol. The molecule has 2 aliphatic rings. The van der Waals surface area contributed by atoms with Gasteiger partial charge in [0.2, 0.25) is 0 Å². The van der Waals surface area contributed by atoms with E-state index in [0.717, 1.165) is 13.0 Å². The van der Waals surface area contributed by atoms with E-state index in [1.807, 2.05) is 0 Å². The van der Waals surface area contributed by atoms with E-state index in [0.29, 0.717) is 18.1 Å². The lowest BCUT2D eigenvalue weighted by Gasteiger charge is -2.40. The first-order chi connectivity index (χ1) is 10.7. The summed E-state index contributed by atoms with van der Waals surface area (Å²) in [5.41, 5.74) is 1.36. The summed E-state index contributed by atoms with van der Waals surface area (Å²) in [6.07, 6.45) is 7.31. The fraction of sp³-hybridized carbons (Fsp3) is 0.611. The molecule has 2 aliphatic carbocycles. The van der Waals surface area contributed by atoms with Crippen molar-refractivity contribution >= 4 is 5.97 Å². The van der Waals surface area contributed by atoms with Crippen LogP contribution in [-0.2, 0) is 11.3 Å². The van der Waals surface area contributed by atoms with E-state index in [1.54, 1.807) is 0 Å². The topological polar surface area (TPSA) is 52.6 Å². The number of benzene rings is 1. The van der Waals surface area contributed by atoms with Crippen LogP contribution in [0.5, 0.6) is 0 Å². The van der Waals surface area contributed by atoms with E-state index < -0.39 is 5.97 Å². The van der Waals surface area contributed by atoms with Gasteiger partial charge in [0.05, 0.1) is 6.54 Å². The lowest BCUT2D eigenvalue weighted by molar-refractivity contribution is -0.136. The van der Waals surface area contributed by atoms with Crippen LogP contribution in [0.1, 0.15) is 44.1 Å². The highest BCUT2D eigenvalue weighted by atomic mass is 16.4. The van der Waals surface area contributed by atoms with Gasteiger partial charge in [-0.1, -0.05) is 43.2 Å². The summed E-state index contributed by atoms with van der Waals surface area (Å²) in [6, 6.07) is 12.1. The van der Waals surface area contributed by atoms with E-state index in [9.17, 15) is 4.79 Å². The van der Waals surface area contributed by atoms with Gasteiger partial charge < -0.3 is 10.4 Å². The Kier molecular flexibility index (Phi) is 5.11. The summed E-state index contributed by atoms with van der Waals surface area (Å²) in [5, 5.41) is 12.2. The van der Waals surface area contributed by atoms with Crippen LogP contribution in [0.25, 0.3) is 0 Å². The molecule has 0 saturated heterocycles. The minimum atomic E-state index is -0.759. The summed E-state index contributed by atoms with van der Waals surface area (Å²) in [6.45, 7) is 1.06. The number of hydrogen-bond donors (Lipinski definition) is 2. The van der Waals surface area contributed by atoms with Gasteiger partial charge in [-0.25, -0.2) is 0 Å². The standard InChI is InChI=1S/C18H26N2O2/c21-18(22)12-19-16-8-4-5-9-17(16)20(15-10-11-15)13-14-6-2-1-3-7-14/h1-3,6-7,15-17,19H,4-5,8-13H2,(H,21,22)/t16-,17-/m0/s1. The van der Waals surface area contributed by atoms with Crippen LogP contribution >= 0.6 is 0 Å². The molecule has 0 spiro atoms. The highest BCUT2D eigenvalue weighted by Crippen LogP contribution is 2.35. The average Bonchev–Trinajstić information content (AvgIpc) is 3.37. The van der Waals surface area contributed by atoms with Crippen molar-refractivity contribution in [1.29, 1.82) is 0 Å². The quantitative estimate of drug-likeness (QED) is 0.813. The molecule has 1 aromatic rings. The minimum Gasteiger partial charge on any atom is -0.480 e. The summed E-state index contributed by atoms with van der Waals surface area (Å²) in [5.74, 6) is -0.759. The van der Waals surface area contributed by atoms with Gasteiger partial charge in [0, 0.05) is 24.7 Å². The van der Waals surface area contributed by atoms with Crippen molar-refractivity contribution in [2.75, 3.05) is 6.54 Å². The number of hydrogen-bond acceptors (Lipinski definition) is 3. The van der Waals surface area contributed by atoms with Crippen molar-refractivity contribution in [3.8, 4) is 0 Å². The number of carboxylic acids is 1. The molecule has 4 heteroatoms. The molecule has 3 rings (SSSR count). The molecule has 2 N–H and O–H groups in total. The molecule has 2 saturated carbocycles. The number of carbonyl (C=O) groups is 1. The second kappa shape index (κ2) is 7.25. The minimum absolute atomic E-state index is 0.0744. The maximum Gasteiger partial charge on any atom is 0.317 e. The van der Waals surface area contributed by atoms with Gasteiger partial charge in [0.25, 0.3) is 0 Å². The molecule has 1 aromatic carbocycles. The summed E-state index contributed by atoms with van der Waals surface area (Å²) in [7, 11) is 0. The zero-order chi connectivity index (χ0) is 15.4. The third-order valence-electron chi connectivity index (χ3n) is 4.89. The first-order valence-corrected chi connectivity index (χ1v) is 8.49. The van der Waals surface area contributed by atoms with Crippen LogP contribution in [0.2, 0.25) is 0 Å². The Morgan fingerprint density at radius 1 is 1.14 bits per heavy atom. The van der Waals surface area contributed by atoms with Gasteiger partial charge >= 0.3 is 5.97 Å². The van der Waals surface area contributed by atoms with E-state index in [1.165, 1.54) is 37.7 Å². The Balaban J connectivity index is 1.69. The highest BCUT2D eigenvalue weighted by Gasteiger charge is 2.38. The van der Waals surface area contributed by atoms with Crippen molar-refractivity contribution in [1.82, 2.24) is 10.2 Å². The second-order valence-electron chi connectivity index (χ2n) is 6.62. The van der Waals surface area contributed by atoms with Crippen LogP contribution in [0.15, 0.2) is 30.3 Å². The number of nitrogens with one attached hydrogen (secondary N) is 1. The Bertz CT molecular complexity index is 487. The van der Waals surface area contributed by atoms with Crippen molar-refractivity contribution in [2.45, 2.75) is 63.2 Å². The molecule has 0 heterocycles. The molecule has 4 nitrogen and oxygen atoms in total. The smallest absolute Gasteiger partial charge is 0.317 e. The summed E-state index contributed by atoms with van der Waals surface area (Å²) >= 11 is 0. The molecular formula is C18H26N2O2. The molecule has 120 valence electrons. The molecule has 2 atom stereocenters. The van der Waals surface area contributed by atoms with Gasteiger partial charge in [-0.2, -0.15) is 0 Å². The zero-order valence-electron chi connectivity index (χ0n) is 13.1. The lowest BCUT2D eigenvalue weighted by Crippen LogP contribution is -2.53. The Labute approximate surface area is 132 Å². The molecule has 0 amide bonds. The van der Waals surface area contributed by atoms with E-state index in [2.05, 4.69) is 40.5 Å². The van der Waals surface area contributed by atoms with Crippen molar-refractivity contribution in [2.24, 2.45) is 0 Å². The first kappa shape index (κ1) is 15.5.